The summed E-state index contributed by atoms with van der Waals surface area (Å²) in [4.78, 5) is 8.89. The summed E-state index contributed by atoms with van der Waals surface area (Å²) in [5.74, 6) is 0.571. The molecule has 4 nitrogen and oxygen atoms in total. The molecular formula is C16H16N2O2. The number of hydrogen-bond acceptors (Lipinski definition) is 4. The fourth-order valence-corrected chi connectivity index (χ4v) is 2.23. The standard InChI is InChI=1S/C16H16N2O2/c19-10-13-7-4-8-15(17-13)16-18-14(11-20-16)9-12-5-2-1-3-6-12/h1-8,14,19H,9-11H2/t14-/m0/s1. The molecule has 20 heavy (non-hydrogen) atoms. The summed E-state index contributed by atoms with van der Waals surface area (Å²) in [5, 5.41) is 9.11. The zero-order valence-corrected chi connectivity index (χ0v) is 11.1. The number of pyridine rings is 1. The average molecular weight is 268 g/mol. The Morgan fingerprint density at radius 2 is 1.95 bits per heavy atom. The predicted molar refractivity (Wildman–Crippen MR) is 76.6 cm³/mol. The van der Waals surface area contributed by atoms with Crippen LogP contribution in [-0.4, -0.2) is 28.6 Å². The molecule has 0 spiro atoms. The highest BCUT2D eigenvalue weighted by Gasteiger charge is 2.21. The largest absolute Gasteiger partial charge is 0.474 e. The maximum absolute atomic E-state index is 9.11. The Hall–Kier alpha value is -2.20. The lowest BCUT2D eigenvalue weighted by Gasteiger charge is -2.04. The van der Waals surface area contributed by atoms with Crippen molar-refractivity contribution < 1.29 is 9.84 Å². The Bertz CT molecular complexity index is 611. The number of ether oxygens (including phenoxy) is 1. The fourth-order valence-electron chi connectivity index (χ4n) is 2.23. The molecular weight excluding hydrogens is 252 g/mol. The first-order valence-electron chi connectivity index (χ1n) is 6.67. The molecule has 4 heteroatoms. The molecule has 0 fully saturated rings. The summed E-state index contributed by atoms with van der Waals surface area (Å²) in [6.45, 7) is 0.504. The van der Waals surface area contributed by atoms with Crippen LogP contribution in [0, 0.1) is 0 Å². The van der Waals surface area contributed by atoms with E-state index in [0.717, 1.165) is 6.42 Å². The average Bonchev–Trinajstić information content (AvgIpc) is 2.97. The third-order valence-electron chi connectivity index (χ3n) is 3.21. The van der Waals surface area contributed by atoms with Gasteiger partial charge in [-0.15, -0.1) is 0 Å². The molecule has 1 atom stereocenters. The van der Waals surface area contributed by atoms with Crippen molar-refractivity contribution in [3.8, 4) is 0 Å². The molecule has 1 aliphatic heterocycles. The molecule has 0 amide bonds. The molecule has 3 rings (SSSR count). The van der Waals surface area contributed by atoms with E-state index in [0.29, 0.717) is 23.9 Å². The van der Waals surface area contributed by atoms with E-state index in [9.17, 15) is 0 Å². The number of rotatable bonds is 4. The Kier molecular flexibility index (Phi) is 3.74. The van der Waals surface area contributed by atoms with Gasteiger partial charge < -0.3 is 9.84 Å². The van der Waals surface area contributed by atoms with Crippen molar-refractivity contribution in [2.75, 3.05) is 6.61 Å². The predicted octanol–water partition coefficient (Wildman–Crippen LogP) is 1.96. The lowest BCUT2D eigenvalue weighted by Crippen LogP contribution is -2.09. The zero-order chi connectivity index (χ0) is 13.8. The lowest BCUT2D eigenvalue weighted by atomic mass is 10.1. The third kappa shape index (κ3) is 2.86. The highest BCUT2D eigenvalue weighted by molar-refractivity contribution is 5.93. The maximum Gasteiger partial charge on any atom is 0.235 e. The molecule has 2 aromatic rings. The van der Waals surface area contributed by atoms with Gasteiger partial charge in [0.1, 0.15) is 12.3 Å². The van der Waals surface area contributed by atoms with Crippen LogP contribution >= 0.6 is 0 Å². The lowest BCUT2D eigenvalue weighted by molar-refractivity contribution is 0.276. The van der Waals surface area contributed by atoms with Crippen LogP contribution in [0.15, 0.2) is 53.5 Å². The van der Waals surface area contributed by atoms with E-state index in [1.807, 2.05) is 30.3 Å². The smallest absolute Gasteiger partial charge is 0.235 e. The molecule has 1 aliphatic rings. The van der Waals surface area contributed by atoms with E-state index < -0.39 is 0 Å². The maximum atomic E-state index is 9.11. The van der Waals surface area contributed by atoms with Crippen LogP contribution in [0.2, 0.25) is 0 Å². The fraction of sp³-hybridized carbons (Fsp3) is 0.250. The van der Waals surface area contributed by atoms with Gasteiger partial charge in [0.2, 0.25) is 5.90 Å². The van der Waals surface area contributed by atoms with Crippen LogP contribution < -0.4 is 0 Å². The Morgan fingerprint density at radius 1 is 1.10 bits per heavy atom. The summed E-state index contributed by atoms with van der Waals surface area (Å²) in [6.07, 6.45) is 0.865. The van der Waals surface area contributed by atoms with E-state index in [-0.39, 0.29) is 12.6 Å². The molecule has 0 bridgehead atoms. The van der Waals surface area contributed by atoms with Crippen molar-refractivity contribution in [2.24, 2.45) is 4.99 Å². The van der Waals surface area contributed by atoms with Crippen LogP contribution in [0.4, 0.5) is 0 Å². The van der Waals surface area contributed by atoms with Crippen molar-refractivity contribution in [3.05, 3.63) is 65.5 Å². The van der Waals surface area contributed by atoms with E-state index in [1.165, 1.54) is 5.56 Å². The van der Waals surface area contributed by atoms with Crippen molar-refractivity contribution in [2.45, 2.75) is 19.1 Å². The van der Waals surface area contributed by atoms with Crippen LogP contribution in [0.1, 0.15) is 17.0 Å². The van der Waals surface area contributed by atoms with Gasteiger partial charge in [-0.1, -0.05) is 36.4 Å². The monoisotopic (exact) mass is 268 g/mol. The van der Waals surface area contributed by atoms with Crippen molar-refractivity contribution in [1.82, 2.24) is 4.98 Å². The quantitative estimate of drug-likeness (QED) is 0.922. The molecule has 2 heterocycles. The van der Waals surface area contributed by atoms with Gasteiger partial charge in [-0.25, -0.2) is 9.98 Å². The molecule has 0 saturated carbocycles. The van der Waals surface area contributed by atoms with Crippen molar-refractivity contribution in [1.29, 1.82) is 0 Å². The first-order chi connectivity index (χ1) is 9.85. The summed E-state index contributed by atoms with van der Waals surface area (Å²) < 4.78 is 5.63. The van der Waals surface area contributed by atoms with Crippen molar-refractivity contribution >= 4 is 5.90 Å². The molecule has 0 saturated heterocycles. The van der Waals surface area contributed by atoms with Gasteiger partial charge in [-0.2, -0.15) is 0 Å². The highest BCUT2D eigenvalue weighted by atomic mass is 16.5. The topological polar surface area (TPSA) is 54.7 Å². The molecule has 0 aliphatic carbocycles. The molecule has 1 aromatic carbocycles. The van der Waals surface area contributed by atoms with Crippen LogP contribution in [-0.2, 0) is 17.8 Å². The third-order valence-corrected chi connectivity index (χ3v) is 3.21. The molecule has 1 aromatic heterocycles. The van der Waals surface area contributed by atoms with E-state index in [2.05, 4.69) is 22.1 Å². The number of hydrogen-bond donors (Lipinski definition) is 1. The first-order valence-corrected chi connectivity index (χ1v) is 6.67. The van der Waals surface area contributed by atoms with Gasteiger partial charge in [0.15, 0.2) is 0 Å². The molecule has 0 unspecified atom stereocenters. The number of aliphatic hydroxyl groups excluding tert-OH is 1. The van der Waals surface area contributed by atoms with Crippen LogP contribution in [0.3, 0.4) is 0 Å². The normalized spacial score (nSPS) is 17.6. The number of aliphatic imine (C=N–C) groups is 1. The minimum Gasteiger partial charge on any atom is -0.474 e. The Morgan fingerprint density at radius 3 is 2.75 bits per heavy atom. The zero-order valence-electron chi connectivity index (χ0n) is 11.1. The number of nitrogens with zero attached hydrogens (tertiary/aromatic N) is 2. The Labute approximate surface area is 117 Å². The summed E-state index contributed by atoms with van der Waals surface area (Å²) >= 11 is 0. The summed E-state index contributed by atoms with van der Waals surface area (Å²) in [6, 6.07) is 15.9. The first kappa shape index (κ1) is 12.8. The minimum atomic E-state index is -0.0748. The molecule has 0 radical (unpaired) electrons. The van der Waals surface area contributed by atoms with Crippen molar-refractivity contribution in [3.63, 3.8) is 0 Å². The van der Waals surface area contributed by atoms with E-state index in [1.54, 1.807) is 6.07 Å². The van der Waals surface area contributed by atoms with Gasteiger partial charge in [0.05, 0.1) is 18.3 Å². The second-order valence-corrected chi connectivity index (χ2v) is 4.76. The minimum absolute atomic E-state index is 0.0748. The second-order valence-electron chi connectivity index (χ2n) is 4.76. The number of benzene rings is 1. The Balaban J connectivity index is 1.74. The van der Waals surface area contributed by atoms with E-state index >= 15 is 0 Å². The second kappa shape index (κ2) is 5.84. The van der Waals surface area contributed by atoms with Gasteiger partial charge in [0, 0.05) is 0 Å². The van der Waals surface area contributed by atoms with Gasteiger partial charge in [-0.05, 0) is 24.1 Å². The molecule has 102 valence electrons. The number of aromatic nitrogens is 1. The number of aliphatic hydroxyl groups is 1. The van der Waals surface area contributed by atoms with Gasteiger partial charge in [0.25, 0.3) is 0 Å². The van der Waals surface area contributed by atoms with Crippen LogP contribution in [0.5, 0.6) is 0 Å². The molecule has 1 N–H and O–H groups in total. The summed E-state index contributed by atoms with van der Waals surface area (Å²) in [5.41, 5.74) is 2.57. The SMILES string of the molecule is OCc1cccc(C2=N[C@@H](Cc3ccccc3)CO2)n1. The van der Waals surface area contributed by atoms with Gasteiger partial charge >= 0.3 is 0 Å². The van der Waals surface area contributed by atoms with Gasteiger partial charge in [-0.3, -0.25) is 0 Å². The highest BCUT2D eigenvalue weighted by Crippen LogP contribution is 2.15. The summed E-state index contributed by atoms with van der Waals surface area (Å²) in [7, 11) is 0. The van der Waals surface area contributed by atoms with E-state index in [4.69, 9.17) is 9.84 Å². The van der Waals surface area contributed by atoms with Crippen LogP contribution in [0.25, 0.3) is 0 Å².